The normalized spacial score (nSPS) is 11.8. The third-order valence-electron chi connectivity index (χ3n) is 3.88. The van der Waals surface area contributed by atoms with E-state index in [-0.39, 0.29) is 5.91 Å². The predicted octanol–water partition coefficient (Wildman–Crippen LogP) is 3.39. The number of amides is 1. The van der Waals surface area contributed by atoms with Crippen molar-refractivity contribution in [1.29, 1.82) is 0 Å². The Morgan fingerprint density at radius 2 is 1.78 bits per heavy atom. The summed E-state index contributed by atoms with van der Waals surface area (Å²) in [5.41, 5.74) is 1.74. The van der Waals surface area contributed by atoms with Gasteiger partial charge in [0.25, 0.3) is 0 Å². The maximum absolute atomic E-state index is 12.3. The van der Waals surface area contributed by atoms with Crippen LogP contribution in [0.2, 0.25) is 0 Å². The number of ether oxygens (including phenoxy) is 2. The Bertz CT molecular complexity index is 771. The molecule has 0 saturated carbocycles. The van der Waals surface area contributed by atoms with E-state index >= 15 is 0 Å². The molecule has 0 radical (unpaired) electrons. The van der Waals surface area contributed by atoms with Crippen LogP contribution in [0.15, 0.2) is 60.7 Å². The molecular weight excluding hydrogens is 342 g/mol. The lowest BCUT2D eigenvalue weighted by Gasteiger charge is -2.15. The van der Waals surface area contributed by atoms with Gasteiger partial charge in [-0.25, -0.2) is 4.79 Å². The van der Waals surface area contributed by atoms with Crippen LogP contribution in [0.4, 0.5) is 0 Å². The number of nitrogens with one attached hydrogen (secondary N) is 1. The van der Waals surface area contributed by atoms with Crippen molar-refractivity contribution in [3.8, 4) is 5.75 Å². The fourth-order valence-electron chi connectivity index (χ4n) is 2.53. The van der Waals surface area contributed by atoms with Gasteiger partial charge in [0, 0.05) is 18.1 Å². The third kappa shape index (κ3) is 6.62. The first-order valence-electron chi connectivity index (χ1n) is 8.96. The van der Waals surface area contributed by atoms with Crippen molar-refractivity contribution in [3.05, 3.63) is 71.8 Å². The van der Waals surface area contributed by atoms with Gasteiger partial charge >= 0.3 is 5.97 Å². The average Bonchev–Trinajstić information content (AvgIpc) is 2.71. The number of esters is 1. The Morgan fingerprint density at radius 3 is 2.48 bits per heavy atom. The monoisotopic (exact) mass is 367 g/mol. The topological polar surface area (TPSA) is 64.6 Å². The highest BCUT2D eigenvalue weighted by Gasteiger charge is 2.21. The van der Waals surface area contributed by atoms with Crippen molar-refractivity contribution in [2.45, 2.75) is 25.8 Å². The maximum Gasteiger partial charge on any atom is 0.328 e. The van der Waals surface area contributed by atoms with Gasteiger partial charge in [-0.2, -0.15) is 0 Å². The van der Waals surface area contributed by atoms with Crippen molar-refractivity contribution in [1.82, 2.24) is 5.32 Å². The molecule has 1 amide bonds. The number of benzene rings is 2. The second-order valence-corrected chi connectivity index (χ2v) is 5.99. The molecule has 2 aromatic carbocycles. The molecular formula is C22H25NO4. The summed E-state index contributed by atoms with van der Waals surface area (Å²) in [6.07, 6.45) is 4.34. The smallest absolute Gasteiger partial charge is 0.328 e. The third-order valence-corrected chi connectivity index (χ3v) is 3.88. The van der Waals surface area contributed by atoms with E-state index in [2.05, 4.69) is 5.32 Å². The summed E-state index contributed by atoms with van der Waals surface area (Å²) >= 11 is 0. The van der Waals surface area contributed by atoms with Crippen LogP contribution < -0.4 is 10.1 Å². The highest BCUT2D eigenvalue weighted by atomic mass is 16.5. The zero-order valence-corrected chi connectivity index (χ0v) is 15.7. The van der Waals surface area contributed by atoms with Crippen molar-refractivity contribution < 1.29 is 19.1 Å². The minimum Gasteiger partial charge on any atom is -0.493 e. The van der Waals surface area contributed by atoms with E-state index in [0.29, 0.717) is 13.0 Å². The van der Waals surface area contributed by atoms with Gasteiger partial charge in [-0.15, -0.1) is 0 Å². The zero-order valence-electron chi connectivity index (χ0n) is 15.7. The second-order valence-electron chi connectivity index (χ2n) is 5.99. The number of rotatable bonds is 9. The largest absolute Gasteiger partial charge is 0.493 e. The Balaban J connectivity index is 2.05. The van der Waals surface area contributed by atoms with Crippen LogP contribution in [-0.4, -0.2) is 31.6 Å². The summed E-state index contributed by atoms with van der Waals surface area (Å²) in [5, 5.41) is 2.71. The van der Waals surface area contributed by atoms with E-state index in [9.17, 15) is 9.59 Å². The molecule has 1 unspecified atom stereocenters. The molecule has 0 aromatic heterocycles. The van der Waals surface area contributed by atoms with Crippen LogP contribution in [0, 0.1) is 0 Å². The van der Waals surface area contributed by atoms with Crippen LogP contribution in [0.5, 0.6) is 5.75 Å². The lowest BCUT2D eigenvalue weighted by Crippen LogP contribution is -2.42. The molecule has 142 valence electrons. The van der Waals surface area contributed by atoms with E-state index in [0.717, 1.165) is 23.3 Å². The van der Waals surface area contributed by atoms with Crippen LogP contribution in [0.3, 0.4) is 0 Å². The summed E-state index contributed by atoms with van der Waals surface area (Å²) in [6, 6.07) is 16.2. The molecule has 2 aromatic rings. The Morgan fingerprint density at radius 1 is 1.07 bits per heavy atom. The van der Waals surface area contributed by atoms with Gasteiger partial charge in [-0.1, -0.05) is 55.5 Å². The lowest BCUT2D eigenvalue weighted by molar-refractivity contribution is -0.144. The van der Waals surface area contributed by atoms with Crippen molar-refractivity contribution in [2.75, 3.05) is 13.7 Å². The van der Waals surface area contributed by atoms with Crippen molar-refractivity contribution in [3.63, 3.8) is 0 Å². The molecule has 0 fully saturated rings. The summed E-state index contributed by atoms with van der Waals surface area (Å²) in [5.74, 6) is -0.129. The number of carbonyl (C=O) groups excluding carboxylic acids is 2. The summed E-state index contributed by atoms with van der Waals surface area (Å²) in [7, 11) is 1.31. The molecule has 5 heteroatoms. The summed E-state index contributed by atoms with van der Waals surface area (Å²) < 4.78 is 10.5. The zero-order chi connectivity index (χ0) is 19.5. The van der Waals surface area contributed by atoms with E-state index in [1.807, 2.05) is 61.5 Å². The average molecular weight is 367 g/mol. The maximum atomic E-state index is 12.3. The first-order chi connectivity index (χ1) is 13.1. The van der Waals surface area contributed by atoms with Crippen LogP contribution in [-0.2, 0) is 20.7 Å². The quantitative estimate of drug-likeness (QED) is 0.545. The van der Waals surface area contributed by atoms with Gasteiger partial charge < -0.3 is 14.8 Å². The van der Waals surface area contributed by atoms with Crippen LogP contribution in [0.25, 0.3) is 6.08 Å². The number of hydrogen-bond donors (Lipinski definition) is 1. The molecule has 0 aliphatic rings. The standard InChI is InChI=1S/C22H25NO4/c1-3-15-27-20-12-8-7-11-18(20)13-14-21(24)23-19(22(25)26-2)16-17-9-5-4-6-10-17/h4-14,19H,3,15-16H2,1-2H3,(H,23,24)/b14-13+. The highest BCUT2D eigenvalue weighted by molar-refractivity contribution is 5.95. The lowest BCUT2D eigenvalue weighted by atomic mass is 10.1. The minimum atomic E-state index is -0.749. The van der Waals surface area contributed by atoms with E-state index in [1.165, 1.54) is 13.2 Å². The first kappa shape index (κ1) is 20.2. The molecule has 0 heterocycles. The minimum absolute atomic E-state index is 0.364. The van der Waals surface area contributed by atoms with Gasteiger partial charge in [0.1, 0.15) is 11.8 Å². The number of methoxy groups -OCH3 is 1. The SMILES string of the molecule is CCCOc1ccccc1/C=C/C(=O)NC(Cc1ccccc1)C(=O)OC. The highest BCUT2D eigenvalue weighted by Crippen LogP contribution is 2.19. The molecule has 0 spiro atoms. The molecule has 5 nitrogen and oxygen atoms in total. The molecule has 0 bridgehead atoms. The Labute approximate surface area is 160 Å². The molecule has 2 rings (SSSR count). The fourth-order valence-corrected chi connectivity index (χ4v) is 2.53. The second kappa shape index (κ2) is 10.8. The molecule has 0 aliphatic heterocycles. The first-order valence-corrected chi connectivity index (χ1v) is 8.96. The molecule has 27 heavy (non-hydrogen) atoms. The van der Waals surface area contributed by atoms with E-state index in [4.69, 9.17) is 9.47 Å². The number of hydrogen-bond acceptors (Lipinski definition) is 4. The van der Waals surface area contributed by atoms with Gasteiger partial charge in [0.2, 0.25) is 5.91 Å². The van der Waals surface area contributed by atoms with Gasteiger partial charge in [-0.05, 0) is 24.1 Å². The van der Waals surface area contributed by atoms with Crippen molar-refractivity contribution >= 4 is 18.0 Å². The summed E-state index contributed by atoms with van der Waals surface area (Å²) in [4.78, 5) is 24.3. The van der Waals surface area contributed by atoms with Gasteiger partial charge in [0.15, 0.2) is 0 Å². The van der Waals surface area contributed by atoms with Gasteiger partial charge in [-0.3, -0.25) is 4.79 Å². The summed E-state index contributed by atoms with van der Waals surface area (Å²) in [6.45, 7) is 2.64. The van der Waals surface area contributed by atoms with Gasteiger partial charge in [0.05, 0.1) is 13.7 Å². The van der Waals surface area contributed by atoms with E-state index < -0.39 is 12.0 Å². The Hall–Kier alpha value is -3.08. The molecule has 1 N–H and O–H groups in total. The molecule has 0 saturated heterocycles. The molecule has 1 atom stereocenters. The Kier molecular flexibility index (Phi) is 8.10. The van der Waals surface area contributed by atoms with Crippen LogP contribution in [0.1, 0.15) is 24.5 Å². The molecule has 0 aliphatic carbocycles. The number of para-hydroxylation sites is 1. The van der Waals surface area contributed by atoms with Crippen molar-refractivity contribution in [2.24, 2.45) is 0 Å². The number of carbonyl (C=O) groups is 2. The predicted molar refractivity (Wildman–Crippen MR) is 105 cm³/mol. The fraction of sp³-hybridized carbons (Fsp3) is 0.273. The van der Waals surface area contributed by atoms with Crippen LogP contribution >= 0.6 is 0 Å². The van der Waals surface area contributed by atoms with E-state index in [1.54, 1.807) is 6.08 Å².